The zero-order chi connectivity index (χ0) is 16.6. The van der Waals surface area contributed by atoms with E-state index in [9.17, 15) is 9.90 Å². The van der Waals surface area contributed by atoms with E-state index in [0.717, 1.165) is 13.1 Å². The van der Waals surface area contributed by atoms with Gasteiger partial charge in [-0.05, 0) is 24.6 Å². The van der Waals surface area contributed by atoms with Gasteiger partial charge in [-0.3, -0.25) is 9.69 Å². The van der Waals surface area contributed by atoms with Crippen molar-refractivity contribution in [3.8, 4) is 11.5 Å². The van der Waals surface area contributed by atoms with Crippen LogP contribution in [0.5, 0.6) is 11.5 Å². The summed E-state index contributed by atoms with van der Waals surface area (Å²) in [5.74, 6) is 1.19. The number of aliphatic hydroxyl groups is 1. The molecule has 7 nitrogen and oxygen atoms in total. The zero-order valence-corrected chi connectivity index (χ0v) is 13.6. The van der Waals surface area contributed by atoms with Gasteiger partial charge in [0.25, 0.3) is 5.91 Å². The first-order chi connectivity index (χ1) is 11.6. The predicted molar refractivity (Wildman–Crippen MR) is 85.3 cm³/mol. The third-order valence-electron chi connectivity index (χ3n) is 4.86. The molecule has 0 saturated carbocycles. The van der Waals surface area contributed by atoms with Crippen LogP contribution in [0, 0.1) is 0 Å². The maximum atomic E-state index is 12.7. The molecule has 0 bridgehead atoms. The number of rotatable bonds is 3. The van der Waals surface area contributed by atoms with Crippen LogP contribution in [0.4, 0.5) is 0 Å². The smallest absolute Gasteiger partial charge is 0.254 e. The Kier molecular flexibility index (Phi) is 4.07. The molecule has 0 aliphatic carbocycles. The fourth-order valence-electron chi connectivity index (χ4n) is 3.55. The van der Waals surface area contributed by atoms with Gasteiger partial charge in [0.15, 0.2) is 11.5 Å². The van der Waals surface area contributed by atoms with Gasteiger partial charge in [-0.15, -0.1) is 0 Å². The van der Waals surface area contributed by atoms with Crippen molar-refractivity contribution in [3.63, 3.8) is 0 Å². The second-order valence-electron chi connectivity index (χ2n) is 6.66. The summed E-state index contributed by atoms with van der Waals surface area (Å²) in [6.45, 7) is 4.77. The topological polar surface area (TPSA) is 71.5 Å². The summed E-state index contributed by atoms with van der Waals surface area (Å²) in [5, 5.41) is 10.8. The molecule has 3 aliphatic heterocycles. The van der Waals surface area contributed by atoms with Crippen molar-refractivity contribution >= 4 is 5.91 Å². The molecule has 3 aliphatic rings. The monoisotopic (exact) mass is 334 g/mol. The number of likely N-dealkylation sites (tertiary alicyclic amines) is 1. The lowest BCUT2D eigenvalue weighted by molar-refractivity contribution is -0.0257. The average Bonchev–Trinajstić information content (AvgIpc) is 3.21. The minimum absolute atomic E-state index is 0.0776. The quantitative estimate of drug-likeness (QED) is 0.859. The second kappa shape index (κ2) is 6.23. The Bertz CT molecular complexity index is 631. The van der Waals surface area contributed by atoms with Gasteiger partial charge in [-0.25, -0.2) is 0 Å². The van der Waals surface area contributed by atoms with E-state index < -0.39 is 5.60 Å². The Hall–Kier alpha value is -1.83. The molecule has 1 atom stereocenters. The lowest BCUT2D eigenvalue weighted by Gasteiger charge is -2.33. The summed E-state index contributed by atoms with van der Waals surface area (Å²) in [4.78, 5) is 16.6. The standard InChI is InChI=1S/C17H22N2O5/c20-16(13-1-2-14-15(9-13)24-12-23-14)19-4-3-17(21,11-19)10-18-5-7-22-8-6-18/h1-2,9,21H,3-8,10-12H2. The van der Waals surface area contributed by atoms with Crippen LogP contribution >= 0.6 is 0 Å². The number of ether oxygens (including phenoxy) is 3. The van der Waals surface area contributed by atoms with Crippen LogP contribution in [-0.4, -0.2) is 79.1 Å². The van der Waals surface area contributed by atoms with Crippen LogP contribution < -0.4 is 9.47 Å². The van der Waals surface area contributed by atoms with E-state index in [0.29, 0.717) is 56.3 Å². The zero-order valence-electron chi connectivity index (χ0n) is 13.6. The third kappa shape index (κ3) is 3.07. The second-order valence-corrected chi connectivity index (χ2v) is 6.66. The Labute approximate surface area is 140 Å². The molecule has 24 heavy (non-hydrogen) atoms. The van der Waals surface area contributed by atoms with Gasteiger partial charge < -0.3 is 24.2 Å². The van der Waals surface area contributed by atoms with Gasteiger partial charge in [-0.2, -0.15) is 0 Å². The number of fused-ring (bicyclic) bond motifs is 1. The molecule has 1 aromatic rings. The van der Waals surface area contributed by atoms with Gasteiger partial charge in [0.1, 0.15) is 0 Å². The van der Waals surface area contributed by atoms with E-state index in [1.54, 1.807) is 23.1 Å². The number of hydrogen-bond donors (Lipinski definition) is 1. The van der Waals surface area contributed by atoms with Crippen LogP contribution in [0.25, 0.3) is 0 Å². The van der Waals surface area contributed by atoms with E-state index in [1.165, 1.54) is 0 Å². The summed E-state index contributed by atoms with van der Waals surface area (Å²) in [5.41, 5.74) is -0.279. The maximum absolute atomic E-state index is 12.7. The Morgan fingerprint density at radius 3 is 2.79 bits per heavy atom. The molecule has 4 rings (SSSR count). The van der Waals surface area contributed by atoms with Crippen LogP contribution in [0.1, 0.15) is 16.8 Å². The molecule has 1 unspecified atom stereocenters. The first-order valence-corrected chi connectivity index (χ1v) is 8.34. The molecule has 2 saturated heterocycles. The summed E-state index contributed by atoms with van der Waals surface area (Å²) < 4.78 is 15.9. The molecule has 130 valence electrons. The number of hydrogen-bond acceptors (Lipinski definition) is 6. The van der Waals surface area contributed by atoms with Gasteiger partial charge in [0.05, 0.1) is 25.4 Å². The highest BCUT2D eigenvalue weighted by atomic mass is 16.7. The molecule has 1 N–H and O–H groups in total. The van der Waals surface area contributed by atoms with Crippen molar-refractivity contribution in [3.05, 3.63) is 23.8 Å². The van der Waals surface area contributed by atoms with Crippen LogP contribution in [0.15, 0.2) is 18.2 Å². The number of benzene rings is 1. The third-order valence-corrected chi connectivity index (χ3v) is 4.86. The summed E-state index contributed by atoms with van der Waals surface area (Å²) in [7, 11) is 0. The molecule has 2 fully saturated rings. The maximum Gasteiger partial charge on any atom is 0.254 e. The first kappa shape index (κ1) is 15.7. The van der Waals surface area contributed by atoms with Crippen molar-refractivity contribution in [2.75, 3.05) is 52.7 Å². The fraction of sp³-hybridized carbons (Fsp3) is 0.588. The lowest BCUT2D eigenvalue weighted by Crippen LogP contribution is -2.49. The highest BCUT2D eigenvalue weighted by Crippen LogP contribution is 2.33. The predicted octanol–water partition coefficient (Wildman–Crippen LogP) is 0.325. The summed E-state index contributed by atoms with van der Waals surface area (Å²) in [6, 6.07) is 5.21. The minimum Gasteiger partial charge on any atom is -0.454 e. The largest absolute Gasteiger partial charge is 0.454 e. The van der Waals surface area contributed by atoms with Crippen molar-refractivity contribution in [2.24, 2.45) is 0 Å². The van der Waals surface area contributed by atoms with E-state index in [2.05, 4.69) is 4.90 Å². The van der Waals surface area contributed by atoms with Gasteiger partial charge >= 0.3 is 0 Å². The Morgan fingerprint density at radius 1 is 1.17 bits per heavy atom. The molecular formula is C17H22N2O5. The number of nitrogens with zero attached hydrogens (tertiary/aromatic N) is 2. The van der Waals surface area contributed by atoms with E-state index in [1.807, 2.05) is 0 Å². The lowest BCUT2D eigenvalue weighted by atomic mass is 10.0. The summed E-state index contributed by atoms with van der Waals surface area (Å²) in [6.07, 6.45) is 0.598. The van der Waals surface area contributed by atoms with Crippen molar-refractivity contribution in [1.82, 2.24) is 9.80 Å². The number of β-amino-alcohol motifs (C(OH)–C–C–N with tert-alkyl or cyclic N) is 1. The van der Waals surface area contributed by atoms with E-state index >= 15 is 0 Å². The van der Waals surface area contributed by atoms with Crippen molar-refractivity contribution in [2.45, 2.75) is 12.0 Å². The molecule has 1 aromatic carbocycles. The van der Waals surface area contributed by atoms with Gasteiger partial charge in [-0.1, -0.05) is 0 Å². The van der Waals surface area contributed by atoms with Crippen LogP contribution in [0.2, 0.25) is 0 Å². The number of carbonyl (C=O) groups is 1. The van der Waals surface area contributed by atoms with Crippen LogP contribution in [0.3, 0.4) is 0 Å². The molecule has 3 heterocycles. The van der Waals surface area contributed by atoms with Gasteiger partial charge in [0, 0.05) is 31.7 Å². The SMILES string of the molecule is O=C(c1ccc2c(c1)OCO2)N1CCC(O)(CN2CCOCC2)C1. The highest BCUT2D eigenvalue weighted by Gasteiger charge is 2.40. The summed E-state index contributed by atoms with van der Waals surface area (Å²) >= 11 is 0. The molecule has 0 aromatic heterocycles. The highest BCUT2D eigenvalue weighted by molar-refractivity contribution is 5.95. The van der Waals surface area contributed by atoms with Crippen molar-refractivity contribution in [1.29, 1.82) is 0 Å². The number of amides is 1. The van der Waals surface area contributed by atoms with E-state index in [4.69, 9.17) is 14.2 Å². The minimum atomic E-state index is -0.844. The number of morpholine rings is 1. The van der Waals surface area contributed by atoms with E-state index in [-0.39, 0.29) is 12.7 Å². The molecule has 7 heteroatoms. The molecule has 1 amide bonds. The number of carbonyl (C=O) groups excluding carboxylic acids is 1. The molecule has 0 spiro atoms. The van der Waals surface area contributed by atoms with Crippen LogP contribution in [-0.2, 0) is 4.74 Å². The Morgan fingerprint density at radius 2 is 1.96 bits per heavy atom. The molecule has 0 radical (unpaired) electrons. The van der Waals surface area contributed by atoms with Crippen molar-refractivity contribution < 1.29 is 24.1 Å². The van der Waals surface area contributed by atoms with Gasteiger partial charge in [0.2, 0.25) is 6.79 Å². The Balaban J connectivity index is 1.41. The average molecular weight is 334 g/mol. The molecular weight excluding hydrogens is 312 g/mol. The normalized spacial score (nSPS) is 26.8. The first-order valence-electron chi connectivity index (χ1n) is 8.34. The fourth-order valence-corrected chi connectivity index (χ4v) is 3.55.